The van der Waals surface area contributed by atoms with Crippen molar-refractivity contribution in [1.82, 2.24) is 9.55 Å². The summed E-state index contributed by atoms with van der Waals surface area (Å²) in [7, 11) is 1.64. The highest BCUT2D eigenvalue weighted by atomic mass is 32.1. The van der Waals surface area contributed by atoms with Gasteiger partial charge in [-0.15, -0.1) is 11.3 Å². The van der Waals surface area contributed by atoms with Crippen LogP contribution in [0.4, 0.5) is 0 Å². The van der Waals surface area contributed by atoms with E-state index in [1.165, 1.54) is 16.9 Å². The van der Waals surface area contributed by atoms with E-state index in [2.05, 4.69) is 30.1 Å². The number of methoxy groups -OCH3 is 1. The van der Waals surface area contributed by atoms with Gasteiger partial charge >= 0.3 is 0 Å². The molecule has 0 amide bonds. The second-order valence-corrected chi connectivity index (χ2v) is 7.11. The molecule has 0 fully saturated rings. The Morgan fingerprint density at radius 3 is 2.81 bits per heavy atom. The largest absolute Gasteiger partial charge is 0.497 e. The SMILES string of the molecule is COc1cccc(Cn2cnc3c(-c4cccc(C)c4)csc3c2=O)c1. The van der Waals surface area contributed by atoms with Crippen molar-refractivity contribution in [1.29, 1.82) is 0 Å². The number of thiophene rings is 1. The summed E-state index contributed by atoms with van der Waals surface area (Å²) in [5, 5.41) is 2.02. The van der Waals surface area contributed by atoms with Crippen molar-refractivity contribution in [2.45, 2.75) is 13.5 Å². The Kier molecular flexibility index (Phi) is 4.31. The van der Waals surface area contributed by atoms with Gasteiger partial charge in [0.15, 0.2) is 0 Å². The maximum absolute atomic E-state index is 12.9. The van der Waals surface area contributed by atoms with E-state index in [0.29, 0.717) is 11.2 Å². The average molecular weight is 362 g/mol. The molecule has 0 aliphatic rings. The molecule has 0 bridgehead atoms. The molecule has 2 aromatic carbocycles. The van der Waals surface area contributed by atoms with E-state index in [1.807, 2.05) is 35.7 Å². The molecule has 0 saturated carbocycles. The molecule has 0 atom stereocenters. The fourth-order valence-electron chi connectivity index (χ4n) is 3.04. The quantitative estimate of drug-likeness (QED) is 0.537. The normalized spacial score (nSPS) is 11.0. The van der Waals surface area contributed by atoms with Gasteiger partial charge in [-0.05, 0) is 30.2 Å². The molecule has 0 saturated heterocycles. The molecule has 4 nitrogen and oxygen atoms in total. The van der Waals surface area contributed by atoms with Gasteiger partial charge in [-0.25, -0.2) is 4.98 Å². The molecule has 0 aliphatic carbocycles. The van der Waals surface area contributed by atoms with Gasteiger partial charge in [0.05, 0.1) is 25.5 Å². The van der Waals surface area contributed by atoms with Gasteiger partial charge in [-0.1, -0.05) is 42.0 Å². The number of ether oxygens (including phenoxy) is 1. The summed E-state index contributed by atoms with van der Waals surface area (Å²) in [6.07, 6.45) is 1.64. The number of fused-ring (bicyclic) bond motifs is 1. The second-order valence-electron chi connectivity index (χ2n) is 6.23. The van der Waals surface area contributed by atoms with E-state index in [0.717, 1.165) is 28.0 Å². The predicted molar refractivity (Wildman–Crippen MR) is 106 cm³/mol. The van der Waals surface area contributed by atoms with Crippen LogP contribution in [0.2, 0.25) is 0 Å². The molecule has 0 radical (unpaired) electrons. The van der Waals surface area contributed by atoms with Crippen LogP contribution in [0.3, 0.4) is 0 Å². The zero-order valence-corrected chi connectivity index (χ0v) is 15.4. The average Bonchev–Trinajstić information content (AvgIpc) is 3.09. The van der Waals surface area contributed by atoms with Crippen molar-refractivity contribution in [3.63, 3.8) is 0 Å². The Bertz CT molecular complexity index is 1140. The van der Waals surface area contributed by atoms with Gasteiger partial charge in [0.2, 0.25) is 0 Å². The molecule has 0 aliphatic heterocycles. The van der Waals surface area contributed by atoms with Gasteiger partial charge in [-0.2, -0.15) is 0 Å². The number of hydrogen-bond donors (Lipinski definition) is 0. The van der Waals surface area contributed by atoms with Crippen LogP contribution in [-0.2, 0) is 6.54 Å². The number of benzene rings is 2. The highest BCUT2D eigenvalue weighted by Gasteiger charge is 2.13. The summed E-state index contributed by atoms with van der Waals surface area (Å²) in [4.78, 5) is 17.5. The van der Waals surface area contributed by atoms with Crippen LogP contribution in [0.1, 0.15) is 11.1 Å². The van der Waals surface area contributed by atoms with Gasteiger partial charge in [0.25, 0.3) is 5.56 Å². The molecule has 0 unspecified atom stereocenters. The number of aromatic nitrogens is 2. The Balaban J connectivity index is 1.75. The van der Waals surface area contributed by atoms with Crippen molar-refractivity contribution >= 4 is 21.6 Å². The fourth-order valence-corrected chi connectivity index (χ4v) is 4.02. The molecular weight excluding hydrogens is 344 g/mol. The first-order valence-corrected chi connectivity index (χ1v) is 9.20. The first-order valence-electron chi connectivity index (χ1n) is 8.32. The molecule has 130 valence electrons. The van der Waals surface area contributed by atoms with Crippen LogP contribution in [0.15, 0.2) is 65.0 Å². The third-order valence-electron chi connectivity index (χ3n) is 4.36. The Morgan fingerprint density at radius 1 is 1.15 bits per heavy atom. The van der Waals surface area contributed by atoms with E-state index >= 15 is 0 Å². The minimum Gasteiger partial charge on any atom is -0.497 e. The van der Waals surface area contributed by atoms with Crippen molar-refractivity contribution in [2.24, 2.45) is 0 Å². The van der Waals surface area contributed by atoms with Gasteiger partial charge < -0.3 is 4.74 Å². The Morgan fingerprint density at radius 2 is 2.00 bits per heavy atom. The predicted octanol–water partition coefficient (Wildman–Crippen LogP) is 4.49. The van der Waals surface area contributed by atoms with Gasteiger partial charge in [0.1, 0.15) is 10.4 Å². The molecule has 5 heteroatoms. The lowest BCUT2D eigenvalue weighted by atomic mass is 10.1. The maximum atomic E-state index is 12.9. The number of aryl methyl sites for hydroxylation is 1. The summed E-state index contributed by atoms with van der Waals surface area (Å²) >= 11 is 1.45. The highest BCUT2D eigenvalue weighted by molar-refractivity contribution is 7.17. The third kappa shape index (κ3) is 3.02. The molecule has 4 aromatic rings. The molecule has 0 N–H and O–H groups in total. The monoisotopic (exact) mass is 362 g/mol. The van der Waals surface area contributed by atoms with Crippen molar-refractivity contribution in [2.75, 3.05) is 7.11 Å². The summed E-state index contributed by atoms with van der Waals surface area (Å²) < 4.78 is 7.59. The van der Waals surface area contributed by atoms with Gasteiger partial charge in [0, 0.05) is 10.9 Å². The van der Waals surface area contributed by atoms with Crippen LogP contribution < -0.4 is 10.3 Å². The number of hydrogen-bond acceptors (Lipinski definition) is 4. The van der Waals surface area contributed by atoms with Crippen LogP contribution in [0.25, 0.3) is 21.3 Å². The second kappa shape index (κ2) is 6.77. The molecule has 4 rings (SSSR count). The Labute approximate surface area is 155 Å². The smallest absolute Gasteiger partial charge is 0.271 e. The molecule has 2 heterocycles. The van der Waals surface area contributed by atoms with Crippen LogP contribution in [-0.4, -0.2) is 16.7 Å². The lowest BCUT2D eigenvalue weighted by molar-refractivity contribution is 0.414. The van der Waals surface area contributed by atoms with Crippen molar-refractivity contribution < 1.29 is 4.74 Å². The molecule has 26 heavy (non-hydrogen) atoms. The fraction of sp³-hybridized carbons (Fsp3) is 0.143. The molecule has 0 spiro atoms. The summed E-state index contributed by atoms with van der Waals surface area (Å²) in [6, 6.07) is 16.0. The van der Waals surface area contributed by atoms with E-state index in [-0.39, 0.29) is 5.56 Å². The minimum atomic E-state index is -0.0123. The highest BCUT2D eigenvalue weighted by Crippen LogP contribution is 2.31. The first-order chi connectivity index (χ1) is 12.7. The van der Waals surface area contributed by atoms with Crippen LogP contribution >= 0.6 is 11.3 Å². The zero-order valence-electron chi connectivity index (χ0n) is 14.6. The number of rotatable bonds is 4. The van der Waals surface area contributed by atoms with E-state index in [4.69, 9.17) is 4.74 Å². The van der Waals surface area contributed by atoms with Gasteiger partial charge in [-0.3, -0.25) is 9.36 Å². The van der Waals surface area contributed by atoms with Crippen LogP contribution in [0, 0.1) is 6.92 Å². The number of nitrogens with zero attached hydrogens (tertiary/aromatic N) is 2. The van der Waals surface area contributed by atoms with Crippen molar-refractivity contribution in [3.05, 3.63) is 81.7 Å². The zero-order chi connectivity index (χ0) is 18.1. The van der Waals surface area contributed by atoms with Crippen LogP contribution in [0.5, 0.6) is 5.75 Å². The topological polar surface area (TPSA) is 44.1 Å². The van der Waals surface area contributed by atoms with E-state index in [1.54, 1.807) is 18.0 Å². The Hall–Kier alpha value is -2.92. The lowest BCUT2D eigenvalue weighted by Gasteiger charge is -2.07. The van der Waals surface area contributed by atoms with E-state index in [9.17, 15) is 4.79 Å². The molecular formula is C21H18N2O2S. The summed E-state index contributed by atoms with van der Waals surface area (Å²) in [5.41, 5.74) is 5.05. The third-order valence-corrected chi connectivity index (χ3v) is 5.32. The standard InChI is InChI=1S/C21H18N2O2S/c1-14-5-3-7-16(9-14)18-12-26-20-19(18)22-13-23(21(20)24)11-15-6-4-8-17(10-15)25-2/h3-10,12-13H,11H2,1-2H3. The summed E-state index contributed by atoms with van der Waals surface area (Å²) in [6.45, 7) is 2.53. The summed E-state index contributed by atoms with van der Waals surface area (Å²) in [5.74, 6) is 0.780. The van der Waals surface area contributed by atoms with E-state index < -0.39 is 0 Å². The minimum absolute atomic E-state index is 0.0123. The molecule has 2 aromatic heterocycles. The maximum Gasteiger partial charge on any atom is 0.271 e. The first kappa shape index (κ1) is 16.5. The lowest BCUT2D eigenvalue weighted by Crippen LogP contribution is -2.20. The van der Waals surface area contributed by atoms with Crippen molar-refractivity contribution in [3.8, 4) is 16.9 Å².